The molecule has 1 aromatic heterocycles. The third kappa shape index (κ3) is 8.41. The number of benzene rings is 1. The lowest BCUT2D eigenvalue weighted by molar-refractivity contribution is -0.125. The van der Waals surface area contributed by atoms with Crippen LogP contribution in [-0.2, 0) is 9.59 Å². The van der Waals surface area contributed by atoms with Gasteiger partial charge in [0, 0.05) is 24.1 Å². The molecule has 11 heteroatoms. The minimum atomic E-state index is -0.675. The minimum Gasteiger partial charge on any atom is -0.494 e. The quantitative estimate of drug-likeness (QED) is 0.465. The highest BCUT2D eigenvalue weighted by Crippen LogP contribution is 2.28. The molecule has 0 bridgehead atoms. The van der Waals surface area contributed by atoms with E-state index in [-0.39, 0.29) is 49.1 Å². The molecule has 170 valence electrons. The van der Waals surface area contributed by atoms with E-state index in [0.29, 0.717) is 22.7 Å². The van der Waals surface area contributed by atoms with Crippen LogP contribution in [0.4, 0.5) is 11.4 Å². The Hall–Kier alpha value is -2.88. The number of hydrogen-bond acceptors (Lipinski definition) is 6. The van der Waals surface area contributed by atoms with E-state index in [4.69, 9.17) is 10.5 Å². The Morgan fingerprint density at radius 3 is 2.42 bits per heavy atom. The van der Waals surface area contributed by atoms with Crippen molar-refractivity contribution in [1.29, 1.82) is 0 Å². The van der Waals surface area contributed by atoms with Crippen molar-refractivity contribution in [1.82, 2.24) is 10.3 Å². The maximum absolute atomic E-state index is 12.3. The van der Waals surface area contributed by atoms with E-state index < -0.39 is 11.9 Å². The van der Waals surface area contributed by atoms with Crippen LogP contribution in [-0.4, -0.2) is 42.4 Å². The molecule has 1 aromatic carbocycles. The van der Waals surface area contributed by atoms with E-state index >= 15 is 0 Å². The Balaban J connectivity index is 0.00000450. The van der Waals surface area contributed by atoms with E-state index in [9.17, 15) is 14.4 Å². The standard InChI is InChI=1S/C20H25N5O4.2ClH/c1-12(2)18(21)20(28)23-11-17(26)24-14-6-7-15(16(9-14)29-3)25-19(27)13-5-4-8-22-10-13;;/h4-10,12,18H,11,21H2,1-3H3,(H,23,28)(H,24,26)(H,25,27);2*1H/t18-;;/m0../s1. The number of halogens is 2. The first-order chi connectivity index (χ1) is 13.8. The summed E-state index contributed by atoms with van der Waals surface area (Å²) in [4.78, 5) is 40.1. The van der Waals surface area contributed by atoms with Crippen molar-refractivity contribution in [3.8, 4) is 5.75 Å². The van der Waals surface area contributed by atoms with E-state index in [2.05, 4.69) is 20.9 Å². The number of amides is 3. The van der Waals surface area contributed by atoms with Crippen LogP contribution in [0.5, 0.6) is 5.75 Å². The number of methoxy groups -OCH3 is 1. The Labute approximate surface area is 193 Å². The molecule has 31 heavy (non-hydrogen) atoms. The normalized spacial score (nSPS) is 10.7. The Morgan fingerprint density at radius 1 is 1.13 bits per heavy atom. The monoisotopic (exact) mass is 471 g/mol. The average molecular weight is 472 g/mol. The van der Waals surface area contributed by atoms with Crippen LogP contribution in [0.2, 0.25) is 0 Å². The molecular formula is C20H27Cl2N5O4. The third-order valence-electron chi connectivity index (χ3n) is 4.10. The number of pyridine rings is 1. The fraction of sp³-hybridized carbons (Fsp3) is 0.300. The summed E-state index contributed by atoms with van der Waals surface area (Å²) in [5, 5.41) is 7.89. The number of ether oxygens (including phenoxy) is 1. The molecule has 0 aliphatic rings. The van der Waals surface area contributed by atoms with Gasteiger partial charge in [-0.3, -0.25) is 19.4 Å². The molecule has 1 heterocycles. The number of carbonyl (C=O) groups is 3. The van der Waals surface area contributed by atoms with Gasteiger partial charge in [0.05, 0.1) is 30.9 Å². The maximum Gasteiger partial charge on any atom is 0.257 e. The fourth-order valence-electron chi connectivity index (χ4n) is 2.36. The molecule has 5 N–H and O–H groups in total. The summed E-state index contributed by atoms with van der Waals surface area (Å²) in [6.45, 7) is 3.44. The summed E-state index contributed by atoms with van der Waals surface area (Å²) in [7, 11) is 1.45. The second-order valence-corrected chi connectivity index (χ2v) is 6.65. The fourth-order valence-corrected chi connectivity index (χ4v) is 2.36. The maximum atomic E-state index is 12.3. The first-order valence-electron chi connectivity index (χ1n) is 9.04. The van der Waals surface area contributed by atoms with Gasteiger partial charge in [0.2, 0.25) is 11.8 Å². The molecule has 0 aliphatic heterocycles. The van der Waals surface area contributed by atoms with Crippen molar-refractivity contribution >= 4 is 53.9 Å². The van der Waals surface area contributed by atoms with Gasteiger partial charge in [-0.25, -0.2) is 0 Å². The first kappa shape index (κ1) is 28.1. The first-order valence-corrected chi connectivity index (χ1v) is 9.04. The lowest BCUT2D eigenvalue weighted by Crippen LogP contribution is -2.46. The average Bonchev–Trinajstić information content (AvgIpc) is 2.72. The van der Waals surface area contributed by atoms with Gasteiger partial charge in [-0.2, -0.15) is 0 Å². The highest BCUT2D eigenvalue weighted by atomic mass is 35.5. The van der Waals surface area contributed by atoms with Crippen molar-refractivity contribution < 1.29 is 19.1 Å². The second-order valence-electron chi connectivity index (χ2n) is 6.65. The number of nitrogens with two attached hydrogens (primary N) is 1. The van der Waals surface area contributed by atoms with Crippen molar-refractivity contribution in [3.05, 3.63) is 48.3 Å². The van der Waals surface area contributed by atoms with Crippen LogP contribution < -0.4 is 26.4 Å². The smallest absolute Gasteiger partial charge is 0.257 e. The lowest BCUT2D eigenvalue weighted by Gasteiger charge is -2.15. The Bertz CT molecular complexity index is 881. The van der Waals surface area contributed by atoms with Crippen molar-refractivity contribution in [2.45, 2.75) is 19.9 Å². The van der Waals surface area contributed by atoms with E-state index in [1.165, 1.54) is 13.3 Å². The van der Waals surface area contributed by atoms with Gasteiger partial charge in [-0.05, 0) is 30.2 Å². The summed E-state index contributed by atoms with van der Waals surface area (Å²) in [5.74, 6) is -0.801. The molecule has 3 amide bonds. The SMILES string of the molecule is COc1cc(NC(=O)CNC(=O)[C@@H](N)C(C)C)ccc1NC(=O)c1cccnc1.Cl.Cl. The molecule has 0 saturated carbocycles. The Morgan fingerprint density at radius 2 is 1.84 bits per heavy atom. The second kappa shape index (κ2) is 13.4. The number of hydrogen-bond donors (Lipinski definition) is 4. The van der Waals surface area contributed by atoms with Gasteiger partial charge >= 0.3 is 0 Å². The van der Waals surface area contributed by atoms with Crippen LogP contribution >= 0.6 is 24.8 Å². The van der Waals surface area contributed by atoms with Crippen LogP contribution in [0, 0.1) is 5.92 Å². The predicted octanol–water partition coefficient (Wildman–Crippen LogP) is 2.22. The van der Waals surface area contributed by atoms with Crippen LogP contribution in [0.1, 0.15) is 24.2 Å². The van der Waals surface area contributed by atoms with Gasteiger partial charge in [0.15, 0.2) is 0 Å². The molecule has 0 saturated heterocycles. The number of anilines is 2. The topological polar surface area (TPSA) is 135 Å². The summed E-state index contributed by atoms with van der Waals surface area (Å²) in [5.41, 5.74) is 7.03. The van der Waals surface area contributed by atoms with E-state index in [0.717, 1.165) is 0 Å². The zero-order valence-electron chi connectivity index (χ0n) is 17.4. The van der Waals surface area contributed by atoms with Crippen LogP contribution in [0.3, 0.4) is 0 Å². The number of aromatic nitrogens is 1. The third-order valence-corrected chi connectivity index (χ3v) is 4.10. The largest absolute Gasteiger partial charge is 0.494 e. The zero-order chi connectivity index (χ0) is 21.4. The molecule has 0 radical (unpaired) electrons. The summed E-state index contributed by atoms with van der Waals surface area (Å²) in [6, 6.07) is 7.42. The van der Waals surface area contributed by atoms with Gasteiger partial charge in [0.1, 0.15) is 5.75 Å². The zero-order valence-corrected chi connectivity index (χ0v) is 19.0. The Kier molecular flexibility index (Phi) is 12.2. The lowest BCUT2D eigenvalue weighted by atomic mass is 10.1. The van der Waals surface area contributed by atoms with Crippen LogP contribution in [0.15, 0.2) is 42.7 Å². The van der Waals surface area contributed by atoms with Gasteiger partial charge in [0.25, 0.3) is 5.91 Å². The number of nitrogens with one attached hydrogen (secondary N) is 3. The van der Waals surface area contributed by atoms with Crippen molar-refractivity contribution in [2.24, 2.45) is 11.7 Å². The molecule has 2 aromatic rings. The molecule has 0 spiro atoms. The number of nitrogens with zero attached hydrogens (tertiary/aromatic N) is 1. The molecule has 9 nitrogen and oxygen atoms in total. The van der Waals surface area contributed by atoms with Gasteiger partial charge in [-0.15, -0.1) is 24.8 Å². The summed E-state index contributed by atoms with van der Waals surface area (Å²) in [6.07, 6.45) is 3.03. The van der Waals surface area contributed by atoms with E-state index in [1.807, 2.05) is 13.8 Å². The summed E-state index contributed by atoms with van der Waals surface area (Å²) >= 11 is 0. The molecule has 2 rings (SSSR count). The molecule has 0 aliphatic carbocycles. The van der Waals surface area contributed by atoms with Crippen molar-refractivity contribution in [2.75, 3.05) is 24.3 Å². The predicted molar refractivity (Wildman–Crippen MR) is 124 cm³/mol. The minimum absolute atomic E-state index is 0. The molecule has 0 fully saturated rings. The number of rotatable bonds is 8. The molecule has 1 atom stereocenters. The summed E-state index contributed by atoms with van der Waals surface area (Å²) < 4.78 is 5.29. The highest BCUT2D eigenvalue weighted by molar-refractivity contribution is 6.05. The van der Waals surface area contributed by atoms with Gasteiger partial charge < -0.3 is 26.4 Å². The highest BCUT2D eigenvalue weighted by Gasteiger charge is 2.18. The van der Waals surface area contributed by atoms with Gasteiger partial charge in [-0.1, -0.05) is 13.8 Å². The van der Waals surface area contributed by atoms with Crippen LogP contribution in [0.25, 0.3) is 0 Å². The molecular weight excluding hydrogens is 445 g/mol. The van der Waals surface area contributed by atoms with E-state index in [1.54, 1.807) is 36.5 Å². The van der Waals surface area contributed by atoms with Crippen molar-refractivity contribution in [3.63, 3.8) is 0 Å². The molecule has 0 unspecified atom stereocenters. The number of carbonyl (C=O) groups excluding carboxylic acids is 3.